The Hall–Kier alpha value is -3.24. The molecule has 2 heterocycles. The van der Waals surface area contributed by atoms with Crippen LogP contribution in [0.2, 0.25) is 0 Å². The number of hydrogen-bond acceptors (Lipinski definition) is 5. The van der Waals surface area contributed by atoms with E-state index in [1.54, 1.807) is 48.1 Å². The molecule has 0 radical (unpaired) electrons. The first-order chi connectivity index (χ1) is 12.6. The number of amides is 1. The first-order valence-corrected chi connectivity index (χ1v) is 8.76. The third-order valence-corrected chi connectivity index (χ3v) is 5.06. The Kier molecular flexibility index (Phi) is 5.25. The van der Waals surface area contributed by atoms with E-state index in [2.05, 4.69) is 16.4 Å². The minimum Gasteiger partial charge on any atom is -0.347 e. The lowest BCUT2D eigenvalue weighted by Crippen LogP contribution is -2.23. The van der Waals surface area contributed by atoms with Gasteiger partial charge in [0.25, 0.3) is 5.91 Å². The lowest BCUT2D eigenvalue weighted by atomic mass is 10.1. The van der Waals surface area contributed by atoms with Crippen LogP contribution in [-0.2, 0) is 13.1 Å². The molecule has 0 aliphatic carbocycles. The minimum atomic E-state index is -0.276. The molecule has 0 fully saturated rings. The van der Waals surface area contributed by atoms with Crippen molar-refractivity contribution in [2.75, 3.05) is 0 Å². The summed E-state index contributed by atoms with van der Waals surface area (Å²) >= 11 is 0.946. The van der Waals surface area contributed by atoms with E-state index >= 15 is 0 Å². The third-order valence-electron chi connectivity index (χ3n) is 3.98. The van der Waals surface area contributed by atoms with Crippen molar-refractivity contribution in [1.82, 2.24) is 14.9 Å². The van der Waals surface area contributed by atoms with Gasteiger partial charge in [0.15, 0.2) is 0 Å². The van der Waals surface area contributed by atoms with E-state index in [0.29, 0.717) is 29.2 Å². The molecule has 1 N–H and O–H groups in total. The Bertz CT molecular complexity index is 1010. The largest absolute Gasteiger partial charge is 0.347 e. The van der Waals surface area contributed by atoms with E-state index in [9.17, 15) is 9.59 Å². The first-order valence-electron chi connectivity index (χ1n) is 7.95. The normalized spacial score (nSPS) is 10.3. The summed E-state index contributed by atoms with van der Waals surface area (Å²) in [5, 5.41) is 11.6. The van der Waals surface area contributed by atoms with Crippen molar-refractivity contribution in [2.24, 2.45) is 0 Å². The molecule has 1 aromatic carbocycles. The highest BCUT2D eigenvalue weighted by molar-refractivity contribution is 7.11. The van der Waals surface area contributed by atoms with Gasteiger partial charge in [0.2, 0.25) is 0 Å². The topological polar surface area (TPSA) is 87.8 Å². The zero-order valence-electron chi connectivity index (χ0n) is 14.1. The highest BCUT2D eigenvalue weighted by Gasteiger charge is 2.17. The molecule has 0 unspecified atom stereocenters. The predicted octanol–water partition coefficient (Wildman–Crippen LogP) is 2.46. The fraction of sp³-hybridized carbons (Fsp3) is 0.158. The second-order valence-corrected chi connectivity index (χ2v) is 6.68. The van der Waals surface area contributed by atoms with Crippen molar-refractivity contribution < 1.29 is 4.79 Å². The summed E-state index contributed by atoms with van der Waals surface area (Å²) in [5.74, 6) is -0.276. The average molecular weight is 364 g/mol. The fourth-order valence-electron chi connectivity index (χ4n) is 2.50. The fourth-order valence-corrected chi connectivity index (χ4v) is 3.41. The van der Waals surface area contributed by atoms with Crippen LogP contribution in [0.25, 0.3) is 0 Å². The highest BCUT2D eigenvalue weighted by Crippen LogP contribution is 2.14. The van der Waals surface area contributed by atoms with E-state index in [0.717, 1.165) is 22.5 Å². The van der Waals surface area contributed by atoms with Gasteiger partial charge < -0.3 is 5.32 Å². The Labute approximate surface area is 154 Å². The Morgan fingerprint density at radius 1 is 1.19 bits per heavy atom. The molecular formula is C19H16N4O2S. The number of benzene rings is 1. The molecule has 7 heteroatoms. The smallest absolute Gasteiger partial charge is 0.308 e. The van der Waals surface area contributed by atoms with Gasteiger partial charge in [-0.15, -0.1) is 0 Å². The summed E-state index contributed by atoms with van der Waals surface area (Å²) in [6.07, 6.45) is 3.35. The second-order valence-electron chi connectivity index (χ2n) is 5.72. The number of thiazole rings is 1. The van der Waals surface area contributed by atoms with Crippen LogP contribution in [0.15, 0.2) is 53.6 Å². The monoisotopic (exact) mass is 364 g/mol. The molecule has 0 bridgehead atoms. The van der Waals surface area contributed by atoms with E-state index < -0.39 is 0 Å². The van der Waals surface area contributed by atoms with Gasteiger partial charge in [-0.05, 0) is 42.3 Å². The van der Waals surface area contributed by atoms with Gasteiger partial charge in [-0.25, -0.2) is 0 Å². The highest BCUT2D eigenvalue weighted by atomic mass is 32.1. The van der Waals surface area contributed by atoms with Gasteiger partial charge >= 0.3 is 4.87 Å². The Morgan fingerprint density at radius 3 is 2.54 bits per heavy atom. The van der Waals surface area contributed by atoms with Crippen LogP contribution in [0, 0.1) is 18.3 Å². The third kappa shape index (κ3) is 3.87. The lowest BCUT2D eigenvalue weighted by Gasteiger charge is -2.07. The van der Waals surface area contributed by atoms with E-state index in [1.807, 2.05) is 12.1 Å². The van der Waals surface area contributed by atoms with Crippen LogP contribution < -0.4 is 10.2 Å². The van der Waals surface area contributed by atoms with Gasteiger partial charge in [0.05, 0.1) is 18.2 Å². The summed E-state index contributed by atoms with van der Waals surface area (Å²) in [5.41, 5.74) is 3.06. The number of carbonyl (C=O) groups excluding carboxylic acids is 1. The van der Waals surface area contributed by atoms with E-state index in [-0.39, 0.29) is 10.8 Å². The molecular weight excluding hydrogens is 348 g/mol. The molecule has 3 rings (SSSR count). The molecule has 0 spiro atoms. The zero-order chi connectivity index (χ0) is 18.5. The Balaban J connectivity index is 1.72. The number of nitrogens with zero attached hydrogens (tertiary/aromatic N) is 3. The summed E-state index contributed by atoms with van der Waals surface area (Å²) in [6.45, 7) is 2.52. The molecule has 0 saturated carbocycles. The summed E-state index contributed by atoms with van der Waals surface area (Å²) < 4.78 is 1.59. The van der Waals surface area contributed by atoms with Gasteiger partial charge in [-0.1, -0.05) is 23.5 Å². The summed E-state index contributed by atoms with van der Waals surface area (Å²) in [6, 6.07) is 12.7. The van der Waals surface area contributed by atoms with Gasteiger partial charge in [-0.2, -0.15) is 5.26 Å². The molecule has 0 aliphatic heterocycles. The number of carbonyl (C=O) groups is 1. The van der Waals surface area contributed by atoms with Crippen molar-refractivity contribution >= 4 is 17.2 Å². The molecule has 2 aromatic heterocycles. The van der Waals surface area contributed by atoms with Gasteiger partial charge in [-0.3, -0.25) is 19.1 Å². The van der Waals surface area contributed by atoms with Crippen molar-refractivity contribution in [1.29, 1.82) is 5.26 Å². The van der Waals surface area contributed by atoms with Crippen LogP contribution in [0.4, 0.5) is 0 Å². The van der Waals surface area contributed by atoms with Crippen molar-refractivity contribution in [2.45, 2.75) is 20.0 Å². The maximum Gasteiger partial charge on any atom is 0.308 e. The minimum absolute atomic E-state index is 0.164. The Morgan fingerprint density at radius 2 is 1.88 bits per heavy atom. The average Bonchev–Trinajstić information content (AvgIpc) is 2.95. The zero-order valence-corrected chi connectivity index (χ0v) is 14.9. The summed E-state index contributed by atoms with van der Waals surface area (Å²) in [4.78, 5) is 28.9. The van der Waals surface area contributed by atoms with Crippen molar-refractivity contribution in [3.63, 3.8) is 0 Å². The molecule has 0 atom stereocenters. The van der Waals surface area contributed by atoms with Crippen molar-refractivity contribution in [3.8, 4) is 6.07 Å². The van der Waals surface area contributed by atoms with Crippen LogP contribution in [0.3, 0.4) is 0 Å². The van der Waals surface area contributed by atoms with Crippen LogP contribution >= 0.6 is 11.3 Å². The maximum atomic E-state index is 12.5. The van der Waals surface area contributed by atoms with Crippen LogP contribution in [0.5, 0.6) is 0 Å². The lowest BCUT2D eigenvalue weighted by molar-refractivity contribution is 0.0954. The van der Waals surface area contributed by atoms with E-state index in [4.69, 9.17) is 5.26 Å². The number of nitriles is 1. The molecule has 0 saturated heterocycles. The number of nitrogens with one attached hydrogen (secondary N) is 1. The first kappa shape index (κ1) is 17.6. The SMILES string of the molecule is Cc1c(C(=O)NCc2ccc(C#N)cc2)sc(=O)n1Cc1ccncc1. The molecule has 0 aliphatic rings. The molecule has 6 nitrogen and oxygen atoms in total. The van der Waals surface area contributed by atoms with Crippen LogP contribution in [-0.4, -0.2) is 15.5 Å². The van der Waals surface area contributed by atoms with Gasteiger partial charge in [0, 0.05) is 24.6 Å². The van der Waals surface area contributed by atoms with Gasteiger partial charge in [0.1, 0.15) is 4.88 Å². The summed E-state index contributed by atoms with van der Waals surface area (Å²) in [7, 11) is 0. The number of pyridine rings is 1. The predicted molar refractivity (Wildman–Crippen MR) is 99.0 cm³/mol. The molecule has 3 aromatic rings. The quantitative estimate of drug-likeness (QED) is 0.753. The van der Waals surface area contributed by atoms with Crippen LogP contribution in [0.1, 0.15) is 32.1 Å². The molecule has 1 amide bonds. The maximum absolute atomic E-state index is 12.5. The number of hydrogen-bond donors (Lipinski definition) is 1. The standard InChI is InChI=1S/C19H16N4O2S/c1-13-17(18(24)22-11-15-4-2-14(10-20)3-5-15)26-19(25)23(13)12-16-6-8-21-9-7-16/h2-9H,11-12H2,1H3,(H,22,24). The number of rotatable bonds is 5. The molecule has 130 valence electrons. The molecule has 26 heavy (non-hydrogen) atoms. The van der Waals surface area contributed by atoms with E-state index in [1.165, 1.54) is 0 Å². The number of aromatic nitrogens is 2. The second kappa shape index (κ2) is 7.76. The van der Waals surface area contributed by atoms with Crippen molar-refractivity contribution in [3.05, 3.63) is 85.7 Å².